The number of hydrogen-bond acceptors (Lipinski definition) is 15. The summed E-state index contributed by atoms with van der Waals surface area (Å²) in [4.78, 5) is 72.8. The standard InChI is InChI=1S/C77H146O17P2/c1-6-10-13-16-19-22-24-26-28-33-37-41-46-51-56-61-75(80)88-67-73(94-77(82)63-58-53-48-43-39-35-31-30-32-36-40-44-49-54-59-70(5)9-4)69-92-96(85,86)90-65-71(78)64-89-95(83,84)91-68-72(66-87-74(79)60-55-50-45-21-18-15-12-8-3)93-76(81)62-57-52-47-42-38-34-29-27-25-23-20-17-14-11-7-2/h22,24,26,28,70-73,78H,6-21,23,25,27,29-69H2,1-5H3,(H,83,84)(H,85,86)/b24-22-,28-26-/t70?,71-,72+,73+/m0/s1. The van der Waals surface area contributed by atoms with Crippen LogP contribution in [-0.2, 0) is 65.4 Å². The van der Waals surface area contributed by atoms with Gasteiger partial charge in [0.2, 0.25) is 0 Å². The van der Waals surface area contributed by atoms with Crippen LogP contribution >= 0.6 is 15.6 Å². The van der Waals surface area contributed by atoms with Crippen LogP contribution in [0.2, 0.25) is 0 Å². The molecule has 0 radical (unpaired) electrons. The maximum absolute atomic E-state index is 13.1. The van der Waals surface area contributed by atoms with Gasteiger partial charge in [0.15, 0.2) is 12.2 Å². The highest BCUT2D eigenvalue weighted by Crippen LogP contribution is 2.45. The lowest BCUT2D eigenvalue weighted by molar-refractivity contribution is -0.161. The molecule has 19 heteroatoms. The second-order valence-electron chi connectivity index (χ2n) is 27.3. The smallest absolute Gasteiger partial charge is 0.462 e. The number of phosphoric acid groups is 2. The van der Waals surface area contributed by atoms with Crippen LogP contribution in [0, 0.1) is 5.92 Å². The number of allylic oxidation sites excluding steroid dienone is 4. The number of carbonyl (C=O) groups excluding carboxylic acids is 4. The molecule has 0 aliphatic heterocycles. The molecule has 0 amide bonds. The van der Waals surface area contributed by atoms with Crippen molar-refractivity contribution in [3.63, 3.8) is 0 Å². The average Bonchev–Trinajstić information content (AvgIpc) is 2.42. The predicted octanol–water partition coefficient (Wildman–Crippen LogP) is 22.4. The summed E-state index contributed by atoms with van der Waals surface area (Å²) < 4.78 is 68.5. The molecule has 3 unspecified atom stereocenters. The lowest BCUT2D eigenvalue weighted by Crippen LogP contribution is -2.30. The highest BCUT2D eigenvalue weighted by Gasteiger charge is 2.30. The Balaban J connectivity index is 5.25. The van der Waals surface area contributed by atoms with Crippen LogP contribution in [0.5, 0.6) is 0 Å². The molecule has 566 valence electrons. The Hall–Kier alpha value is -2.46. The van der Waals surface area contributed by atoms with E-state index in [2.05, 4.69) is 58.9 Å². The van der Waals surface area contributed by atoms with Crippen molar-refractivity contribution in [2.45, 2.75) is 400 Å². The molecule has 0 spiro atoms. The first kappa shape index (κ1) is 93.5. The van der Waals surface area contributed by atoms with Gasteiger partial charge in [-0.25, -0.2) is 9.13 Å². The van der Waals surface area contributed by atoms with Gasteiger partial charge in [0.1, 0.15) is 19.3 Å². The van der Waals surface area contributed by atoms with E-state index in [1.165, 1.54) is 180 Å². The quantitative estimate of drug-likeness (QED) is 0.0169. The Labute approximate surface area is 586 Å². The largest absolute Gasteiger partial charge is 0.472 e. The molecule has 0 aliphatic rings. The molecule has 96 heavy (non-hydrogen) atoms. The number of esters is 4. The number of unbranched alkanes of at least 4 members (excludes halogenated alkanes) is 43. The van der Waals surface area contributed by atoms with Gasteiger partial charge in [0.25, 0.3) is 0 Å². The van der Waals surface area contributed by atoms with Gasteiger partial charge in [-0.15, -0.1) is 0 Å². The number of aliphatic hydroxyl groups is 1. The van der Waals surface area contributed by atoms with Crippen molar-refractivity contribution in [1.82, 2.24) is 0 Å². The van der Waals surface area contributed by atoms with Gasteiger partial charge in [0, 0.05) is 25.7 Å². The average molecular weight is 1410 g/mol. The summed E-state index contributed by atoms with van der Waals surface area (Å²) in [6, 6.07) is 0. The van der Waals surface area contributed by atoms with Crippen molar-refractivity contribution in [1.29, 1.82) is 0 Å². The first-order valence-corrected chi connectivity index (χ1v) is 42.5. The van der Waals surface area contributed by atoms with Crippen LogP contribution in [0.25, 0.3) is 0 Å². The van der Waals surface area contributed by atoms with Crippen molar-refractivity contribution in [3.8, 4) is 0 Å². The second kappa shape index (κ2) is 69.6. The van der Waals surface area contributed by atoms with Crippen LogP contribution in [0.3, 0.4) is 0 Å². The third-order valence-corrected chi connectivity index (χ3v) is 19.7. The van der Waals surface area contributed by atoms with E-state index in [1.54, 1.807) is 0 Å². The summed E-state index contributed by atoms with van der Waals surface area (Å²) in [5.74, 6) is -1.30. The molecule has 0 aromatic heterocycles. The molecule has 0 aromatic carbocycles. The van der Waals surface area contributed by atoms with E-state index in [-0.39, 0.29) is 25.7 Å². The van der Waals surface area contributed by atoms with Gasteiger partial charge in [-0.2, -0.15) is 0 Å². The van der Waals surface area contributed by atoms with E-state index in [0.717, 1.165) is 121 Å². The number of hydrogen-bond donors (Lipinski definition) is 3. The van der Waals surface area contributed by atoms with Crippen molar-refractivity contribution < 1.29 is 80.2 Å². The molecular weight excluding hydrogens is 1260 g/mol. The van der Waals surface area contributed by atoms with E-state index >= 15 is 0 Å². The number of phosphoric ester groups is 2. The minimum Gasteiger partial charge on any atom is -0.462 e. The fourth-order valence-corrected chi connectivity index (χ4v) is 12.9. The second-order valence-corrected chi connectivity index (χ2v) is 30.2. The SMILES string of the molecule is CCCCCC/C=C\C=C/CCCCCCCC(=O)OC[C@H](COP(=O)(O)OC[C@@H](O)COP(=O)(O)OC[C@@H](COC(=O)CCCCCCCCCC)OC(=O)CCCCCCCCCCCCCCCCC)OC(=O)CCCCCCCCCCCCCCCCC(C)CC. The summed E-state index contributed by atoms with van der Waals surface area (Å²) in [7, 11) is -9.92. The van der Waals surface area contributed by atoms with Gasteiger partial charge < -0.3 is 33.8 Å². The fourth-order valence-electron chi connectivity index (χ4n) is 11.3. The van der Waals surface area contributed by atoms with Gasteiger partial charge in [-0.3, -0.25) is 37.3 Å². The van der Waals surface area contributed by atoms with Gasteiger partial charge >= 0.3 is 39.5 Å². The van der Waals surface area contributed by atoms with E-state index in [1.807, 2.05) is 0 Å². The summed E-state index contributed by atoms with van der Waals surface area (Å²) >= 11 is 0. The third-order valence-electron chi connectivity index (χ3n) is 17.8. The first-order valence-electron chi connectivity index (χ1n) is 39.5. The topological polar surface area (TPSA) is 237 Å². The normalized spacial score (nSPS) is 14.4. The summed E-state index contributed by atoms with van der Waals surface area (Å²) in [6.07, 6.45) is 61.7. The fraction of sp³-hybridized carbons (Fsp3) is 0.896. The van der Waals surface area contributed by atoms with Crippen molar-refractivity contribution in [2.24, 2.45) is 5.92 Å². The van der Waals surface area contributed by atoms with E-state index in [0.29, 0.717) is 25.7 Å². The zero-order valence-corrected chi connectivity index (χ0v) is 63.8. The molecule has 17 nitrogen and oxygen atoms in total. The monoisotopic (exact) mass is 1410 g/mol. The Kier molecular flexibility index (Phi) is 67.8. The van der Waals surface area contributed by atoms with Gasteiger partial charge in [-0.05, 0) is 57.3 Å². The molecule has 0 bridgehead atoms. The van der Waals surface area contributed by atoms with Gasteiger partial charge in [0.05, 0.1) is 26.4 Å². The molecule has 3 N–H and O–H groups in total. The molecule has 0 aliphatic carbocycles. The lowest BCUT2D eigenvalue weighted by atomic mass is 9.99. The predicted molar refractivity (Wildman–Crippen MR) is 391 cm³/mol. The number of ether oxygens (including phenoxy) is 4. The number of rotatable bonds is 75. The Morgan fingerprint density at radius 1 is 0.333 bits per heavy atom. The van der Waals surface area contributed by atoms with E-state index in [9.17, 15) is 43.2 Å². The Bertz CT molecular complexity index is 1940. The first-order chi connectivity index (χ1) is 46.6. The van der Waals surface area contributed by atoms with Crippen molar-refractivity contribution in [3.05, 3.63) is 24.3 Å². The molecule has 0 aromatic rings. The maximum atomic E-state index is 13.1. The lowest BCUT2D eigenvalue weighted by Gasteiger charge is -2.21. The maximum Gasteiger partial charge on any atom is 0.472 e. The van der Waals surface area contributed by atoms with Crippen LogP contribution in [0.1, 0.15) is 381 Å². The Morgan fingerprint density at radius 3 is 0.885 bits per heavy atom. The summed E-state index contributed by atoms with van der Waals surface area (Å²) in [5.41, 5.74) is 0. The highest BCUT2D eigenvalue weighted by molar-refractivity contribution is 7.47. The molecule has 6 atom stereocenters. The van der Waals surface area contributed by atoms with E-state index in [4.69, 9.17) is 37.0 Å². The number of carbonyl (C=O) groups is 4. The number of aliphatic hydroxyl groups excluding tert-OH is 1. The summed E-state index contributed by atoms with van der Waals surface area (Å²) in [6.45, 7) is 7.26. The molecular formula is C77H146O17P2. The van der Waals surface area contributed by atoms with Crippen LogP contribution < -0.4 is 0 Å². The minimum atomic E-state index is -4.96. The van der Waals surface area contributed by atoms with Crippen LogP contribution in [-0.4, -0.2) is 96.7 Å². The zero-order chi connectivity index (χ0) is 70.5. The molecule has 0 saturated heterocycles. The third kappa shape index (κ3) is 68.7. The van der Waals surface area contributed by atoms with Crippen LogP contribution in [0.4, 0.5) is 0 Å². The molecule has 0 fully saturated rings. The highest BCUT2D eigenvalue weighted by atomic mass is 31.2. The van der Waals surface area contributed by atoms with Crippen LogP contribution in [0.15, 0.2) is 24.3 Å². The molecule has 0 heterocycles. The van der Waals surface area contributed by atoms with E-state index < -0.39 is 97.5 Å². The van der Waals surface area contributed by atoms with Crippen molar-refractivity contribution in [2.75, 3.05) is 39.6 Å². The molecule has 0 saturated carbocycles. The minimum absolute atomic E-state index is 0.101. The Morgan fingerprint density at radius 2 is 0.583 bits per heavy atom. The van der Waals surface area contributed by atoms with Gasteiger partial charge in [-0.1, -0.05) is 329 Å². The molecule has 0 rings (SSSR count). The van der Waals surface area contributed by atoms with Crippen molar-refractivity contribution >= 4 is 39.5 Å². The zero-order valence-electron chi connectivity index (χ0n) is 62.0. The summed E-state index contributed by atoms with van der Waals surface area (Å²) in [5, 5.41) is 10.6.